The second kappa shape index (κ2) is 12.6. The molecule has 0 bridgehead atoms. The molecule has 0 aliphatic carbocycles. The van der Waals surface area contributed by atoms with E-state index >= 15 is 0 Å². The van der Waals surface area contributed by atoms with E-state index in [0.29, 0.717) is 25.6 Å². The van der Waals surface area contributed by atoms with Crippen LogP contribution in [0.4, 0.5) is 0 Å². The van der Waals surface area contributed by atoms with Crippen LogP contribution in [0, 0.1) is 5.92 Å². The lowest BCUT2D eigenvalue weighted by Gasteiger charge is -2.43. The Hall–Kier alpha value is -2.79. The number of carbonyl (C=O) groups is 1. The Morgan fingerprint density at radius 1 is 0.892 bits per heavy atom. The van der Waals surface area contributed by atoms with E-state index in [-0.39, 0.29) is 16.9 Å². The molecule has 0 spiro atoms. The lowest BCUT2D eigenvalue weighted by atomic mass is 9.94. The molecule has 37 heavy (non-hydrogen) atoms. The number of ether oxygens (including phenoxy) is 1. The van der Waals surface area contributed by atoms with Crippen LogP contribution >= 0.6 is 0 Å². The Labute approximate surface area is 223 Å². The van der Waals surface area contributed by atoms with Gasteiger partial charge in [-0.3, -0.25) is 4.79 Å². The van der Waals surface area contributed by atoms with Crippen molar-refractivity contribution in [3.63, 3.8) is 0 Å². The molecule has 1 heterocycles. The van der Waals surface area contributed by atoms with Crippen LogP contribution in [0.25, 0.3) is 6.08 Å². The smallest absolute Gasteiger partial charge is 0.261 e. The van der Waals surface area contributed by atoms with Gasteiger partial charge in [0.25, 0.3) is 8.32 Å². The number of benzene rings is 3. The maximum Gasteiger partial charge on any atom is 0.261 e. The van der Waals surface area contributed by atoms with E-state index in [0.717, 1.165) is 24.8 Å². The molecule has 1 aliphatic heterocycles. The van der Waals surface area contributed by atoms with Crippen LogP contribution in [0.3, 0.4) is 0 Å². The molecule has 4 rings (SSSR count). The van der Waals surface area contributed by atoms with Gasteiger partial charge < -0.3 is 9.16 Å². The van der Waals surface area contributed by atoms with Crippen molar-refractivity contribution in [1.29, 1.82) is 0 Å². The van der Waals surface area contributed by atoms with Crippen molar-refractivity contribution in [2.45, 2.75) is 57.6 Å². The third-order valence-electron chi connectivity index (χ3n) is 7.42. The van der Waals surface area contributed by atoms with Gasteiger partial charge in [0.2, 0.25) is 0 Å². The van der Waals surface area contributed by atoms with Crippen LogP contribution in [0.2, 0.25) is 5.04 Å². The van der Waals surface area contributed by atoms with Gasteiger partial charge in [0.15, 0.2) is 5.78 Å². The predicted octanol–water partition coefficient (Wildman–Crippen LogP) is 6.42. The number of ketones is 1. The average Bonchev–Trinajstić information content (AvgIpc) is 2.92. The molecule has 1 aliphatic rings. The van der Waals surface area contributed by atoms with Gasteiger partial charge in [-0.25, -0.2) is 0 Å². The lowest BCUT2D eigenvalue weighted by Crippen LogP contribution is -2.66. The van der Waals surface area contributed by atoms with E-state index in [1.165, 1.54) is 10.4 Å². The standard InChI is InChI=1S/C33H40O3Si/c1-33(2,3)37(31-15-9-5-10-16-31,32-17-11-6-12-18-32)36-24-23-28-20-22-30(35-26-28)25-29(34)21-19-27-13-7-4-8-14-27/h4-19,21,28,30H,20,22-26H2,1-3H3/b21-19+/t28-,30+/m0/s1. The van der Waals surface area contributed by atoms with Gasteiger partial charge in [0.1, 0.15) is 0 Å². The number of hydrogen-bond acceptors (Lipinski definition) is 3. The van der Waals surface area contributed by atoms with Gasteiger partial charge >= 0.3 is 0 Å². The fourth-order valence-corrected chi connectivity index (χ4v) is 10.0. The molecule has 4 heteroatoms. The van der Waals surface area contributed by atoms with E-state index < -0.39 is 8.32 Å². The number of allylic oxidation sites excluding steroid dienone is 1. The summed E-state index contributed by atoms with van der Waals surface area (Å²) in [5, 5.41) is 2.61. The van der Waals surface area contributed by atoms with Crippen molar-refractivity contribution in [3.05, 3.63) is 103 Å². The normalized spacial score (nSPS) is 18.7. The molecule has 1 fully saturated rings. The maximum atomic E-state index is 12.4. The summed E-state index contributed by atoms with van der Waals surface area (Å²) in [5.41, 5.74) is 1.04. The third-order valence-corrected chi connectivity index (χ3v) is 12.5. The summed E-state index contributed by atoms with van der Waals surface area (Å²) in [6, 6.07) is 31.5. The van der Waals surface area contributed by atoms with Crippen molar-refractivity contribution < 1.29 is 14.0 Å². The maximum absolute atomic E-state index is 12.4. The van der Waals surface area contributed by atoms with Crippen molar-refractivity contribution in [2.24, 2.45) is 5.92 Å². The Balaban J connectivity index is 1.34. The first-order chi connectivity index (χ1) is 17.9. The summed E-state index contributed by atoms with van der Waals surface area (Å²) in [6.45, 7) is 8.36. The van der Waals surface area contributed by atoms with Crippen molar-refractivity contribution in [1.82, 2.24) is 0 Å². The van der Waals surface area contributed by atoms with Crippen molar-refractivity contribution in [3.8, 4) is 0 Å². The summed E-state index contributed by atoms with van der Waals surface area (Å²) < 4.78 is 13.2. The Kier molecular flexibility index (Phi) is 9.31. The van der Waals surface area contributed by atoms with E-state index in [4.69, 9.17) is 9.16 Å². The summed E-state index contributed by atoms with van der Waals surface area (Å²) in [5.74, 6) is 0.590. The molecule has 3 aromatic carbocycles. The van der Waals surface area contributed by atoms with Crippen LogP contribution in [-0.2, 0) is 14.0 Å². The third kappa shape index (κ3) is 6.95. The summed E-state index contributed by atoms with van der Waals surface area (Å²) in [4.78, 5) is 12.4. The highest BCUT2D eigenvalue weighted by Gasteiger charge is 2.50. The first-order valence-corrected chi connectivity index (χ1v) is 15.4. The fraction of sp³-hybridized carbons (Fsp3) is 0.364. The van der Waals surface area contributed by atoms with Gasteiger partial charge in [-0.15, -0.1) is 0 Å². The highest BCUT2D eigenvalue weighted by Crippen LogP contribution is 2.37. The van der Waals surface area contributed by atoms with Crippen LogP contribution < -0.4 is 10.4 Å². The first kappa shape index (κ1) is 27.2. The lowest BCUT2D eigenvalue weighted by molar-refractivity contribution is -0.119. The Morgan fingerprint density at radius 3 is 1.97 bits per heavy atom. The number of hydrogen-bond donors (Lipinski definition) is 0. The first-order valence-electron chi connectivity index (χ1n) is 13.5. The second-order valence-corrected chi connectivity index (χ2v) is 15.4. The molecular weight excluding hydrogens is 472 g/mol. The van der Waals surface area contributed by atoms with Gasteiger partial charge in [0, 0.05) is 19.6 Å². The van der Waals surface area contributed by atoms with Crippen LogP contribution in [0.5, 0.6) is 0 Å². The minimum Gasteiger partial charge on any atom is -0.407 e. The van der Waals surface area contributed by atoms with Gasteiger partial charge in [-0.05, 0) is 52.2 Å². The van der Waals surface area contributed by atoms with E-state index in [9.17, 15) is 4.79 Å². The summed E-state index contributed by atoms with van der Waals surface area (Å²) >= 11 is 0. The molecule has 0 unspecified atom stereocenters. The summed E-state index contributed by atoms with van der Waals surface area (Å²) in [6.07, 6.45) is 7.01. The molecule has 1 saturated heterocycles. The molecule has 0 saturated carbocycles. The van der Waals surface area contributed by atoms with Gasteiger partial charge in [0.05, 0.1) is 6.10 Å². The van der Waals surface area contributed by atoms with E-state index in [1.807, 2.05) is 36.4 Å². The highest BCUT2D eigenvalue weighted by atomic mass is 28.4. The SMILES string of the molecule is CC(C)(C)[Si](OCC[C@@H]1CC[C@H](CC(=O)/C=C/c2ccccc2)OC1)(c1ccccc1)c1ccccc1. The molecule has 3 nitrogen and oxygen atoms in total. The molecular formula is C33H40O3Si. The van der Waals surface area contributed by atoms with E-state index in [2.05, 4.69) is 81.4 Å². The van der Waals surface area contributed by atoms with E-state index in [1.54, 1.807) is 6.08 Å². The number of rotatable bonds is 10. The Morgan fingerprint density at radius 2 is 1.46 bits per heavy atom. The van der Waals surface area contributed by atoms with Gasteiger partial charge in [-0.1, -0.05) is 118 Å². The summed E-state index contributed by atoms with van der Waals surface area (Å²) in [7, 11) is -2.50. The van der Waals surface area contributed by atoms with Crippen molar-refractivity contribution >= 4 is 30.6 Å². The molecule has 2 atom stereocenters. The zero-order valence-electron chi connectivity index (χ0n) is 22.4. The highest BCUT2D eigenvalue weighted by molar-refractivity contribution is 6.99. The molecule has 3 aromatic rings. The Bertz CT molecular complexity index is 1090. The molecule has 194 valence electrons. The van der Waals surface area contributed by atoms with Crippen LogP contribution in [0.1, 0.15) is 52.0 Å². The van der Waals surface area contributed by atoms with Crippen LogP contribution in [0.15, 0.2) is 97.1 Å². The largest absolute Gasteiger partial charge is 0.407 e. The van der Waals surface area contributed by atoms with Crippen molar-refractivity contribution in [2.75, 3.05) is 13.2 Å². The fourth-order valence-electron chi connectivity index (χ4n) is 5.44. The predicted molar refractivity (Wildman–Crippen MR) is 156 cm³/mol. The minimum atomic E-state index is -2.50. The topological polar surface area (TPSA) is 35.5 Å². The average molecular weight is 513 g/mol. The minimum absolute atomic E-state index is 0.0155. The molecule has 0 aromatic heterocycles. The number of carbonyl (C=O) groups excluding carboxylic acids is 1. The quantitative estimate of drug-likeness (QED) is 0.232. The second-order valence-electron chi connectivity index (χ2n) is 11.1. The monoisotopic (exact) mass is 512 g/mol. The zero-order valence-corrected chi connectivity index (χ0v) is 23.4. The molecule has 0 N–H and O–H groups in total. The zero-order chi connectivity index (χ0) is 26.1. The van der Waals surface area contributed by atoms with Crippen LogP contribution in [-0.4, -0.2) is 33.4 Å². The van der Waals surface area contributed by atoms with Gasteiger partial charge in [-0.2, -0.15) is 0 Å². The molecule has 0 amide bonds. The molecule has 0 radical (unpaired) electrons.